The van der Waals surface area contributed by atoms with Gasteiger partial charge < -0.3 is 9.52 Å². The van der Waals surface area contributed by atoms with Gasteiger partial charge in [-0.25, -0.2) is 0 Å². The number of ketones is 3. The summed E-state index contributed by atoms with van der Waals surface area (Å²) < 4.78 is 5.50. The Kier molecular flexibility index (Phi) is 4.45. The van der Waals surface area contributed by atoms with Crippen molar-refractivity contribution in [2.24, 2.45) is 16.7 Å². The van der Waals surface area contributed by atoms with Crippen molar-refractivity contribution in [3.05, 3.63) is 35.5 Å². The van der Waals surface area contributed by atoms with Crippen molar-refractivity contribution in [1.82, 2.24) is 0 Å². The van der Waals surface area contributed by atoms with E-state index in [0.29, 0.717) is 12.2 Å². The van der Waals surface area contributed by atoms with E-state index in [0.717, 1.165) is 0 Å². The summed E-state index contributed by atoms with van der Waals surface area (Å²) in [5, 5.41) is 10.6. The Morgan fingerprint density at radius 1 is 1.00 bits per heavy atom. The van der Waals surface area contributed by atoms with E-state index in [4.69, 9.17) is 4.42 Å². The number of carbonyl (C=O) groups excluding carboxylic acids is 3. The lowest BCUT2D eigenvalue weighted by atomic mass is 9.63. The molecule has 1 saturated carbocycles. The maximum atomic E-state index is 12.9. The molecule has 5 heteroatoms. The fourth-order valence-corrected chi connectivity index (χ4v) is 4.37. The minimum Gasteiger partial charge on any atom is -0.512 e. The summed E-state index contributed by atoms with van der Waals surface area (Å²) >= 11 is 0. The van der Waals surface area contributed by atoms with Crippen LogP contribution in [0.25, 0.3) is 0 Å². The van der Waals surface area contributed by atoms with Crippen molar-refractivity contribution in [3.8, 4) is 0 Å². The van der Waals surface area contributed by atoms with Crippen LogP contribution in [0.2, 0.25) is 0 Å². The van der Waals surface area contributed by atoms with Gasteiger partial charge in [-0.15, -0.1) is 0 Å². The molecule has 0 saturated heterocycles. The number of furan rings is 1. The third-order valence-corrected chi connectivity index (χ3v) is 5.39. The van der Waals surface area contributed by atoms with Gasteiger partial charge in [0.15, 0.2) is 5.78 Å². The summed E-state index contributed by atoms with van der Waals surface area (Å²) in [4.78, 5) is 38.6. The number of rotatable bonds is 3. The maximum absolute atomic E-state index is 12.9. The van der Waals surface area contributed by atoms with Gasteiger partial charge >= 0.3 is 0 Å². The molecule has 140 valence electrons. The van der Waals surface area contributed by atoms with Gasteiger partial charge in [-0.2, -0.15) is 0 Å². The number of Topliss-reactive ketones (excluding diaryl/α,β-unsaturated/α-hetero) is 3. The number of allylic oxidation sites excluding steroid dienone is 2. The van der Waals surface area contributed by atoms with Gasteiger partial charge in [0.2, 0.25) is 0 Å². The molecule has 0 aliphatic heterocycles. The van der Waals surface area contributed by atoms with E-state index in [1.807, 2.05) is 27.7 Å². The molecule has 1 fully saturated rings. The van der Waals surface area contributed by atoms with E-state index < -0.39 is 11.8 Å². The first kappa shape index (κ1) is 18.6. The van der Waals surface area contributed by atoms with Crippen molar-refractivity contribution in [2.75, 3.05) is 0 Å². The highest BCUT2D eigenvalue weighted by molar-refractivity contribution is 6.09. The minimum atomic E-state index is -0.975. The van der Waals surface area contributed by atoms with Crippen LogP contribution in [-0.2, 0) is 14.4 Å². The first-order valence-electron chi connectivity index (χ1n) is 9.05. The molecule has 1 atom stereocenters. The normalized spacial score (nSPS) is 24.8. The Morgan fingerprint density at radius 3 is 2.08 bits per heavy atom. The third kappa shape index (κ3) is 3.39. The summed E-state index contributed by atoms with van der Waals surface area (Å²) in [5.74, 6) is -2.06. The summed E-state index contributed by atoms with van der Waals surface area (Å²) in [6.45, 7) is 7.62. The topological polar surface area (TPSA) is 84.6 Å². The molecular formula is C21H26O5. The number of hydrogen-bond acceptors (Lipinski definition) is 5. The van der Waals surface area contributed by atoms with Crippen LogP contribution in [-0.4, -0.2) is 22.5 Å². The molecule has 5 nitrogen and oxygen atoms in total. The second-order valence-corrected chi connectivity index (χ2v) is 9.22. The predicted molar refractivity (Wildman–Crippen MR) is 95.6 cm³/mol. The molecule has 0 radical (unpaired) electrons. The summed E-state index contributed by atoms with van der Waals surface area (Å²) in [6, 6.07) is 3.33. The first-order valence-corrected chi connectivity index (χ1v) is 9.05. The number of hydrogen-bond donors (Lipinski definition) is 1. The van der Waals surface area contributed by atoms with Crippen LogP contribution in [0.15, 0.2) is 34.1 Å². The first-order chi connectivity index (χ1) is 12.0. The van der Waals surface area contributed by atoms with Crippen LogP contribution >= 0.6 is 0 Å². The summed E-state index contributed by atoms with van der Waals surface area (Å²) in [6.07, 6.45) is 2.61. The largest absolute Gasteiger partial charge is 0.512 e. The van der Waals surface area contributed by atoms with E-state index in [9.17, 15) is 19.5 Å². The Labute approximate surface area is 153 Å². The van der Waals surface area contributed by atoms with Crippen molar-refractivity contribution in [2.45, 2.75) is 59.3 Å². The lowest BCUT2D eigenvalue weighted by Gasteiger charge is -2.38. The Balaban J connectivity index is 2.10. The van der Waals surface area contributed by atoms with Crippen molar-refractivity contribution < 1.29 is 23.9 Å². The molecule has 2 aliphatic carbocycles. The molecule has 3 rings (SSSR count). The lowest BCUT2D eigenvalue weighted by molar-refractivity contribution is -0.140. The van der Waals surface area contributed by atoms with E-state index in [2.05, 4.69) is 0 Å². The molecule has 1 aromatic rings. The van der Waals surface area contributed by atoms with E-state index in [-0.39, 0.29) is 58.8 Å². The highest BCUT2D eigenvalue weighted by atomic mass is 16.3. The van der Waals surface area contributed by atoms with Crippen molar-refractivity contribution >= 4 is 17.3 Å². The predicted octanol–water partition coefficient (Wildman–Crippen LogP) is 4.14. The van der Waals surface area contributed by atoms with Crippen LogP contribution in [0.3, 0.4) is 0 Å². The minimum absolute atomic E-state index is 0.0296. The van der Waals surface area contributed by atoms with Crippen LogP contribution < -0.4 is 0 Å². The highest BCUT2D eigenvalue weighted by Crippen LogP contribution is 2.47. The Morgan fingerprint density at radius 2 is 1.58 bits per heavy atom. The van der Waals surface area contributed by atoms with Gasteiger partial charge in [0.1, 0.15) is 23.1 Å². The van der Waals surface area contributed by atoms with Gasteiger partial charge in [0.05, 0.1) is 18.1 Å². The number of carbonyl (C=O) groups is 3. The van der Waals surface area contributed by atoms with E-state index in [1.54, 1.807) is 12.1 Å². The highest BCUT2D eigenvalue weighted by Gasteiger charge is 2.49. The average molecular weight is 358 g/mol. The zero-order valence-electron chi connectivity index (χ0n) is 15.8. The van der Waals surface area contributed by atoms with Gasteiger partial charge in [0, 0.05) is 31.3 Å². The molecule has 26 heavy (non-hydrogen) atoms. The summed E-state index contributed by atoms with van der Waals surface area (Å²) in [7, 11) is 0. The smallest absolute Gasteiger partial charge is 0.163 e. The van der Waals surface area contributed by atoms with Gasteiger partial charge in [0.25, 0.3) is 0 Å². The second kappa shape index (κ2) is 6.22. The quantitative estimate of drug-likeness (QED) is 0.821. The molecule has 0 bridgehead atoms. The van der Waals surface area contributed by atoms with E-state index in [1.165, 1.54) is 6.26 Å². The lowest BCUT2D eigenvalue weighted by Crippen LogP contribution is -2.43. The Hall–Kier alpha value is -2.17. The van der Waals surface area contributed by atoms with Crippen LogP contribution in [0.4, 0.5) is 0 Å². The SMILES string of the molecule is CC1(C)CC(=O)C([C@H](C2=C(O)CC(C)(C)CC2=O)c2ccco2)C(=O)C1. The molecule has 1 aromatic heterocycles. The van der Waals surface area contributed by atoms with Crippen molar-refractivity contribution in [1.29, 1.82) is 0 Å². The molecule has 2 aliphatic rings. The zero-order chi connectivity index (χ0) is 19.3. The standard InChI is InChI=1S/C21H26O5/c1-20(2)8-12(22)17(13(23)9-20)19(16-6-5-7-26-16)18-14(24)10-21(3,4)11-15(18)25/h5-7,17,19,24H,8-11H2,1-4H3/t19-/m1/s1. The zero-order valence-corrected chi connectivity index (χ0v) is 15.8. The van der Waals surface area contributed by atoms with Crippen molar-refractivity contribution in [3.63, 3.8) is 0 Å². The van der Waals surface area contributed by atoms with Crippen LogP contribution in [0.5, 0.6) is 0 Å². The fraction of sp³-hybridized carbons (Fsp3) is 0.571. The molecular weight excluding hydrogens is 332 g/mol. The molecule has 0 spiro atoms. The third-order valence-electron chi connectivity index (χ3n) is 5.39. The van der Waals surface area contributed by atoms with Gasteiger partial charge in [-0.05, 0) is 23.0 Å². The monoisotopic (exact) mass is 358 g/mol. The average Bonchev–Trinajstić information content (AvgIpc) is 2.95. The number of aliphatic hydroxyl groups is 1. The van der Waals surface area contributed by atoms with Gasteiger partial charge in [-0.1, -0.05) is 27.7 Å². The fourth-order valence-electron chi connectivity index (χ4n) is 4.37. The molecule has 0 aromatic carbocycles. The Bertz CT molecular complexity index is 759. The van der Waals surface area contributed by atoms with Gasteiger partial charge in [-0.3, -0.25) is 14.4 Å². The second-order valence-electron chi connectivity index (χ2n) is 9.22. The van der Waals surface area contributed by atoms with E-state index >= 15 is 0 Å². The molecule has 1 heterocycles. The number of aliphatic hydroxyl groups excluding tert-OH is 1. The molecule has 0 unspecified atom stereocenters. The maximum Gasteiger partial charge on any atom is 0.163 e. The summed E-state index contributed by atoms with van der Waals surface area (Å²) in [5.41, 5.74) is -0.556. The van der Waals surface area contributed by atoms with Crippen LogP contribution in [0, 0.1) is 16.7 Å². The molecule has 1 N–H and O–H groups in total. The van der Waals surface area contributed by atoms with Crippen LogP contribution in [0.1, 0.15) is 65.1 Å². The molecule has 0 amide bonds.